The maximum atomic E-state index is 10.3. The molecule has 0 amide bonds. The maximum Gasteiger partial charge on any atom is 0.131 e. The Morgan fingerprint density at radius 1 is 1.11 bits per heavy atom. The van der Waals surface area contributed by atoms with E-state index in [1.165, 1.54) is 12.8 Å². The number of benzene rings is 1. The van der Waals surface area contributed by atoms with Crippen LogP contribution >= 0.6 is 0 Å². The number of rotatable bonds is 4. The molecule has 0 radical (unpaired) electrons. The van der Waals surface area contributed by atoms with E-state index in [1.54, 1.807) is 19.5 Å². The lowest BCUT2D eigenvalue weighted by atomic mass is 10.0. The van der Waals surface area contributed by atoms with E-state index in [0.29, 0.717) is 5.92 Å². The van der Waals surface area contributed by atoms with E-state index in [4.69, 9.17) is 4.74 Å². The van der Waals surface area contributed by atoms with E-state index in [2.05, 4.69) is 9.97 Å². The predicted octanol–water partition coefficient (Wildman–Crippen LogP) is 2.44. The van der Waals surface area contributed by atoms with Gasteiger partial charge in [0.05, 0.1) is 7.11 Å². The second-order valence-corrected chi connectivity index (χ2v) is 4.82. The number of aliphatic hydroxyl groups excluding tert-OH is 1. The molecule has 1 fully saturated rings. The average molecular weight is 256 g/mol. The van der Waals surface area contributed by atoms with Gasteiger partial charge in [0.1, 0.15) is 17.7 Å². The minimum absolute atomic E-state index is 0.534. The summed E-state index contributed by atoms with van der Waals surface area (Å²) in [5.74, 6) is 2.20. The van der Waals surface area contributed by atoms with E-state index in [0.717, 1.165) is 22.7 Å². The zero-order chi connectivity index (χ0) is 13.2. The van der Waals surface area contributed by atoms with Crippen molar-refractivity contribution in [2.24, 2.45) is 0 Å². The summed E-state index contributed by atoms with van der Waals surface area (Å²) in [6, 6.07) is 7.35. The molecular weight excluding hydrogens is 240 g/mol. The highest BCUT2D eigenvalue weighted by Crippen LogP contribution is 2.37. The van der Waals surface area contributed by atoms with Crippen molar-refractivity contribution in [2.45, 2.75) is 24.9 Å². The quantitative estimate of drug-likeness (QED) is 0.913. The number of methoxy groups -OCH3 is 1. The SMILES string of the molecule is COc1ccc(C(O)c2cnc(C3CC3)nc2)cc1. The molecule has 2 aromatic rings. The molecule has 4 nitrogen and oxygen atoms in total. The molecule has 1 unspecified atom stereocenters. The molecule has 98 valence electrons. The monoisotopic (exact) mass is 256 g/mol. The molecule has 0 saturated heterocycles. The van der Waals surface area contributed by atoms with Gasteiger partial charge in [-0.15, -0.1) is 0 Å². The molecule has 1 saturated carbocycles. The number of aliphatic hydroxyl groups is 1. The third kappa shape index (κ3) is 2.58. The van der Waals surface area contributed by atoms with Gasteiger partial charge in [0.25, 0.3) is 0 Å². The maximum absolute atomic E-state index is 10.3. The van der Waals surface area contributed by atoms with Crippen LogP contribution in [-0.4, -0.2) is 22.2 Å². The second-order valence-electron chi connectivity index (χ2n) is 4.82. The van der Waals surface area contributed by atoms with E-state index >= 15 is 0 Å². The van der Waals surface area contributed by atoms with Gasteiger partial charge < -0.3 is 9.84 Å². The topological polar surface area (TPSA) is 55.2 Å². The first kappa shape index (κ1) is 12.1. The summed E-state index contributed by atoms with van der Waals surface area (Å²) in [5, 5.41) is 10.3. The molecule has 1 aliphatic carbocycles. The van der Waals surface area contributed by atoms with Gasteiger partial charge in [-0.05, 0) is 30.5 Å². The Bertz CT molecular complexity index is 547. The molecule has 1 heterocycles. The molecule has 1 atom stereocenters. The van der Waals surface area contributed by atoms with Crippen molar-refractivity contribution in [1.82, 2.24) is 9.97 Å². The molecule has 0 bridgehead atoms. The van der Waals surface area contributed by atoms with Crippen molar-refractivity contribution in [2.75, 3.05) is 7.11 Å². The van der Waals surface area contributed by atoms with Crippen molar-refractivity contribution in [3.63, 3.8) is 0 Å². The Morgan fingerprint density at radius 2 is 1.74 bits per heavy atom. The molecule has 0 aliphatic heterocycles. The number of aromatic nitrogens is 2. The van der Waals surface area contributed by atoms with Crippen molar-refractivity contribution < 1.29 is 9.84 Å². The minimum atomic E-state index is -0.695. The number of nitrogens with zero attached hydrogens (tertiary/aromatic N) is 2. The number of ether oxygens (including phenoxy) is 1. The summed E-state index contributed by atoms with van der Waals surface area (Å²) >= 11 is 0. The highest BCUT2D eigenvalue weighted by atomic mass is 16.5. The largest absolute Gasteiger partial charge is 0.497 e. The average Bonchev–Trinajstić information content (AvgIpc) is 3.31. The van der Waals surface area contributed by atoms with Crippen LogP contribution in [0.2, 0.25) is 0 Å². The van der Waals surface area contributed by atoms with Crippen LogP contribution in [0.15, 0.2) is 36.7 Å². The van der Waals surface area contributed by atoms with Crippen LogP contribution in [-0.2, 0) is 0 Å². The summed E-state index contributed by atoms with van der Waals surface area (Å²) in [5.41, 5.74) is 1.53. The minimum Gasteiger partial charge on any atom is -0.497 e. The first-order valence-electron chi connectivity index (χ1n) is 6.42. The number of hydrogen-bond donors (Lipinski definition) is 1. The smallest absolute Gasteiger partial charge is 0.131 e. The molecule has 4 heteroatoms. The van der Waals surface area contributed by atoms with Crippen LogP contribution in [0.5, 0.6) is 5.75 Å². The van der Waals surface area contributed by atoms with Gasteiger partial charge in [-0.2, -0.15) is 0 Å². The Labute approximate surface area is 112 Å². The summed E-state index contributed by atoms with van der Waals surface area (Å²) in [4.78, 5) is 8.65. The van der Waals surface area contributed by atoms with E-state index in [9.17, 15) is 5.11 Å². The highest BCUT2D eigenvalue weighted by molar-refractivity contribution is 5.32. The van der Waals surface area contributed by atoms with Gasteiger partial charge in [0, 0.05) is 23.9 Å². The lowest BCUT2D eigenvalue weighted by molar-refractivity contribution is 0.219. The second kappa shape index (κ2) is 4.97. The van der Waals surface area contributed by atoms with Crippen LogP contribution in [0.4, 0.5) is 0 Å². The van der Waals surface area contributed by atoms with Crippen LogP contribution in [0.3, 0.4) is 0 Å². The molecule has 19 heavy (non-hydrogen) atoms. The van der Waals surface area contributed by atoms with Gasteiger partial charge in [0.15, 0.2) is 0 Å². The van der Waals surface area contributed by atoms with Crippen LogP contribution in [0, 0.1) is 0 Å². The van der Waals surface area contributed by atoms with Crippen LogP contribution in [0.25, 0.3) is 0 Å². The molecule has 3 rings (SSSR count). The first-order chi connectivity index (χ1) is 9.28. The van der Waals surface area contributed by atoms with Crippen molar-refractivity contribution in [3.05, 3.63) is 53.6 Å². The summed E-state index contributed by atoms with van der Waals surface area (Å²) < 4.78 is 5.10. The van der Waals surface area contributed by atoms with E-state index in [-0.39, 0.29) is 0 Å². The van der Waals surface area contributed by atoms with Gasteiger partial charge in [-0.3, -0.25) is 0 Å². The third-order valence-corrected chi connectivity index (χ3v) is 3.38. The molecule has 0 spiro atoms. The van der Waals surface area contributed by atoms with Crippen LogP contribution in [0.1, 0.15) is 41.8 Å². The van der Waals surface area contributed by atoms with E-state index < -0.39 is 6.10 Å². The van der Waals surface area contributed by atoms with Crippen LogP contribution < -0.4 is 4.74 Å². The lowest BCUT2D eigenvalue weighted by Crippen LogP contribution is -2.02. The fourth-order valence-electron chi connectivity index (χ4n) is 2.02. The molecular formula is C15H16N2O2. The third-order valence-electron chi connectivity index (χ3n) is 3.38. The van der Waals surface area contributed by atoms with Crippen molar-refractivity contribution in [1.29, 1.82) is 0 Å². The van der Waals surface area contributed by atoms with Crippen molar-refractivity contribution >= 4 is 0 Å². The molecule has 1 aromatic heterocycles. The van der Waals surface area contributed by atoms with E-state index in [1.807, 2.05) is 24.3 Å². The molecule has 1 aliphatic rings. The predicted molar refractivity (Wildman–Crippen MR) is 71.1 cm³/mol. The van der Waals surface area contributed by atoms with Gasteiger partial charge >= 0.3 is 0 Å². The summed E-state index contributed by atoms with van der Waals surface area (Å²) in [6.45, 7) is 0. The fraction of sp³-hybridized carbons (Fsp3) is 0.333. The normalized spacial score (nSPS) is 16.1. The van der Waals surface area contributed by atoms with Gasteiger partial charge in [-0.25, -0.2) is 9.97 Å². The first-order valence-corrected chi connectivity index (χ1v) is 6.42. The Morgan fingerprint density at radius 3 is 2.26 bits per heavy atom. The highest BCUT2D eigenvalue weighted by Gasteiger charge is 2.26. The fourth-order valence-corrected chi connectivity index (χ4v) is 2.02. The zero-order valence-corrected chi connectivity index (χ0v) is 10.8. The Kier molecular flexibility index (Phi) is 3.17. The lowest BCUT2D eigenvalue weighted by Gasteiger charge is -2.11. The summed E-state index contributed by atoms with van der Waals surface area (Å²) in [7, 11) is 1.62. The number of hydrogen-bond acceptors (Lipinski definition) is 4. The molecule has 1 N–H and O–H groups in total. The van der Waals surface area contributed by atoms with Gasteiger partial charge in [0.2, 0.25) is 0 Å². The Balaban J connectivity index is 1.79. The molecule has 1 aromatic carbocycles. The standard InChI is InChI=1S/C15H16N2O2/c1-19-13-6-4-10(5-7-13)14(18)12-8-16-15(17-9-12)11-2-3-11/h4-9,11,14,18H,2-3H2,1H3. The zero-order valence-electron chi connectivity index (χ0n) is 10.8. The summed E-state index contributed by atoms with van der Waals surface area (Å²) in [6.07, 6.45) is 5.10. The Hall–Kier alpha value is -1.94. The van der Waals surface area contributed by atoms with Crippen molar-refractivity contribution in [3.8, 4) is 5.75 Å². The van der Waals surface area contributed by atoms with Gasteiger partial charge in [-0.1, -0.05) is 12.1 Å².